The summed E-state index contributed by atoms with van der Waals surface area (Å²) in [6.07, 6.45) is 1.13. The third kappa shape index (κ3) is 3.46. The second kappa shape index (κ2) is 6.68. The Balaban J connectivity index is 1.47. The monoisotopic (exact) mass is 271 g/mol. The van der Waals surface area contributed by atoms with Crippen LogP contribution in [0.4, 0.5) is 5.82 Å². The number of aromatic nitrogens is 1. The lowest BCUT2D eigenvalue weighted by Gasteiger charge is -2.26. The average Bonchev–Trinajstić information content (AvgIpc) is 2.52. The highest BCUT2D eigenvalue weighted by Crippen LogP contribution is 2.14. The molecule has 2 heterocycles. The maximum atomic E-state index is 5.35. The van der Waals surface area contributed by atoms with Crippen LogP contribution in [0.1, 0.15) is 6.42 Å². The minimum atomic E-state index is 0.875. The van der Waals surface area contributed by atoms with Crippen molar-refractivity contribution in [2.45, 2.75) is 6.42 Å². The molecule has 0 saturated carbocycles. The Morgan fingerprint density at radius 1 is 1.10 bits per heavy atom. The Bertz CT molecular complexity index is 552. The quantitative estimate of drug-likeness (QED) is 0.847. The Morgan fingerprint density at radius 2 is 1.95 bits per heavy atom. The van der Waals surface area contributed by atoms with Crippen LogP contribution in [0.2, 0.25) is 0 Å². The summed E-state index contributed by atoms with van der Waals surface area (Å²) in [6, 6.07) is 12.4. The molecule has 0 radical (unpaired) electrons. The van der Waals surface area contributed by atoms with Gasteiger partial charge in [-0.2, -0.15) is 0 Å². The van der Waals surface area contributed by atoms with Crippen LogP contribution >= 0.6 is 0 Å². The number of ether oxygens (including phenoxy) is 1. The highest BCUT2D eigenvalue weighted by atomic mass is 16.5. The maximum Gasteiger partial charge on any atom is 0.126 e. The summed E-state index contributed by atoms with van der Waals surface area (Å²) >= 11 is 0. The number of para-hydroxylation sites is 1. The molecular formula is C16H21N3O. The van der Waals surface area contributed by atoms with Crippen LogP contribution in [0.5, 0.6) is 0 Å². The third-order valence-electron chi connectivity index (χ3n) is 3.66. The van der Waals surface area contributed by atoms with Crippen LogP contribution in [0.25, 0.3) is 10.9 Å². The van der Waals surface area contributed by atoms with Crippen molar-refractivity contribution in [3.8, 4) is 0 Å². The van der Waals surface area contributed by atoms with Gasteiger partial charge >= 0.3 is 0 Å². The van der Waals surface area contributed by atoms with Crippen molar-refractivity contribution in [3.63, 3.8) is 0 Å². The number of hydrogen-bond donors (Lipinski definition) is 1. The third-order valence-corrected chi connectivity index (χ3v) is 3.66. The minimum absolute atomic E-state index is 0.875. The molecule has 1 aromatic carbocycles. The van der Waals surface area contributed by atoms with Gasteiger partial charge in [-0.05, 0) is 31.2 Å². The van der Waals surface area contributed by atoms with E-state index >= 15 is 0 Å². The molecule has 0 aliphatic carbocycles. The van der Waals surface area contributed by atoms with Gasteiger partial charge in [0.25, 0.3) is 0 Å². The molecule has 1 aliphatic heterocycles. The lowest BCUT2D eigenvalue weighted by molar-refractivity contribution is 0.0378. The normalized spacial score (nSPS) is 16.4. The zero-order chi connectivity index (χ0) is 13.6. The molecule has 20 heavy (non-hydrogen) atoms. The van der Waals surface area contributed by atoms with E-state index in [0.29, 0.717) is 0 Å². The number of pyridine rings is 1. The van der Waals surface area contributed by atoms with Crippen LogP contribution in [-0.2, 0) is 4.74 Å². The van der Waals surface area contributed by atoms with Gasteiger partial charge in [0, 0.05) is 25.0 Å². The highest BCUT2D eigenvalue weighted by molar-refractivity contribution is 5.79. The number of nitrogens with zero attached hydrogens (tertiary/aromatic N) is 2. The number of hydrogen-bond acceptors (Lipinski definition) is 4. The SMILES string of the molecule is c1ccc2nc(NCCCN3CCOCC3)ccc2c1. The highest BCUT2D eigenvalue weighted by Gasteiger charge is 2.08. The molecule has 0 amide bonds. The molecule has 0 spiro atoms. The first-order chi connectivity index (χ1) is 9.92. The first-order valence-electron chi connectivity index (χ1n) is 7.31. The van der Waals surface area contributed by atoms with Crippen molar-refractivity contribution in [2.75, 3.05) is 44.7 Å². The number of nitrogens with one attached hydrogen (secondary N) is 1. The van der Waals surface area contributed by atoms with Gasteiger partial charge in [-0.25, -0.2) is 4.98 Å². The predicted octanol–water partition coefficient (Wildman–Crippen LogP) is 2.37. The lowest BCUT2D eigenvalue weighted by atomic mass is 10.2. The number of morpholine rings is 1. The molecular weight excluding hydrogens is 250 g/mol. The first-order valence-corrected chi connectivity index (χ1v) is 7.31. The summed E-state index contributed by atoms with van der Waals surface area (Å²) in [4.78, 5) is 7.07. The number of rotatable bonds is 5. The first kappa shape index (κ1) is 13.3. The molecule has 106 valence electrons. The van der Waals surface area contributed by atoms with Gasteiger partial charge in [0.1, 0.15) is 5.82 Å². The van der Waals surface area contributed by atoms with E-state index in [1.54, 1.807) is 0 Å². The van der Waals surface area contributed by atoms with Crippen molar-refractivity contribution in [1.29, 1.82) is 0 Å². The van der Waals surface area contributed by atoms with Crippen LogP contribution in [-0.4, -0.2) is 49.3 Å². The maximum absolute atomic E-state index is 5.35. The molecule has 4 nitrogen and oxygen atoms in total. The van der Waals surface area contributed by atoms with Crippen molar-refractivity contribution < 1.29 is 4.74 Å². The van der Waals surface area contributed by atoms with Gasteiger partial charge in [-0.3, -0.25) is 4.90 Å². The molecule has 0 unspecified atom stereocenters. The van der Waals surface area contributed by atoms with Gasteiger partial charge < -0.3 is 10.1 Å². The smallest absolute Gasteiger partial charge is 0.126 e. The molecule has 1 aliphatic rings. The van der Waals surface area contributed by atoms with Gasteiger partial charge in [-0.1, -0.05) is 18.2 Å². The van der Waals surface area contributed by atoms with Gasteiger partial charge in [0.15, 0.2) is 0 Å². The zero-order valence-corrected chi connectivity index (χ0v) is 11.7. The molecule has 3 rings (SSSR count). The van der Waals surface area contributed by atoms with Crippen molar-refractivity contribution >= 4 is 16.7 Å². The Labute approximate surface area is 119 Å². The molecule has 1 N–H and O–H groups in total. The number of anilines is 1. The van der Waals surface area contributed by atoms with Crippen LogP contribution < -0.4 is 5.32 Å². The Kier molecular flexibility index (Phi) is 4.46. The fraction of sp³-hybridized carbons (Fsp3) is 0.438. The Morgan fingerprint density at radius 3 is 2.85 bits per heavy atom. The fourth-order valence-electron chi connectivity index (χ4n) is 2.51. The van der Waals surface area contributed by atoms with E-state index in [0.717, 1.165) is 57.1 Å². The summed E-state index contributed by atoms with van der Waals surface area (Å²) in [5.41, 5.74) is 1.05. The molecule has 1 saturated heterocycles. The summed E-state index contributed by atoms with van der Waals surface area (Å²) in [6.45, 7) is 5.97. The number of benzene rings is 1. The van der Waals surface area contributed by atoms with Crippen LogP contribution in [0.3, 0.4) is 0 Å². The minimum Gasteiger partial charge on any atom is -0.379 e. The fourth-order valence-corrected chi connectivity index (χ4v) is 2.51. The van der Waals surface area contributed by atoms with Crippen molar-refractivity contribution in [2.24, 2.45) is 0 Å². The topological polar surface area (TPSA) is 37.4 Å². The number of fused-ring (bicyclic) bond motifs is 1. The second-order valence-corrected chi connectivity index (χ2v) is 5.12. The van der Waals surface area contributed by atoms with Gasteiger partial charge in [0.05, 0.1) is 18.7 Å². The lowest BCUT2D eigenvalue weighted by Crippen LogP contribution is -2.37. The second-order valence-electron chi connectivity index (χ2n) is 5.12. The van der Waals surface area contributed by atoms with Gasteiger partial charge in [-0.15, -0.1) is 0 Å². The van der Waals surface area contributed by atoms with Crippen LogP contribution in [0, 0.1) is 0 Å². The van der Waals surface area contributed by atoms with E-state index in [4.69, 9.17) is 4.74 Å². The summed E-state index contributed by atoms with van der Waals surface area (Å²) in [5.74, 6) is 0.964. The molecule has 1 fully saturated rings. The summed E-state index contributed by atoms with van der Waals surface area (Å²) in [7, 11) is 0. The largest absolute Gasteiger partial charge is 0.379 e. The molecule has 1 aromatic heterocycles. The van der Waals surface area contributed by atoms with E-state index in [9.17, 15) is 0 Å². The van der Waals surface area contributed by atoms with Crippen molar-refractivity contribution in [1.82, 2.24) is 9.88 Å². The summed E-state index contributed by atoms with van der Waals surface area (Å²) < 4.78 is 5.35. The van der Waals surface area contributed by atoms with E-state index in [1.807, 2.05) is 18.2 Å². The van der Waals surface area contributed by atoms with E-state index in [2.05, 4.69) is 33.4 Å². The van der Waals surface area contributed by atoms with Crippen molar-refractivity contribution in [3.05, 3.63) is 36.4 Å². The van der Waals surface area contributed by atoms with Gasteiger partial charge in [0.2, 0.25) is 0 Å². The summed E-state index contributed by atoms with van der Waals surface area (Å²) in [5, 5.41) is 4.59. The average molecular weight is 271 g/mol. The molecule has 0 bridgehead atoms. The van der Waals surface area contributed by atoms with E-state index in [1.165, 1.54) is 5.39 Å². The molecule has 4 heteroatoms. The molecule has 2 aromatic rings. The van der Waals surface area contributed by atoms with Crippen LogP contribution in [0.15, 0.2) is 36.4 Å². The van der Waals surface area contributed by atoms with E-state index in [-0.39, 0.29) is 0 Å². The standard InChI is InChI=1S/C16H21N3O/c1-2-5-15-14(4-1)6-7-16(18-15)17-8-3-9-19-10-12-20-13-11-19/h1-2,4-7H,3,8-13H2,(H,17,18). The predicted molar refractivity (Wildman–Crippen MR) is 82.1 cm³/mol. The Hall–Kier alpha value is -1.65. The van der Waals surface area contributed by atoms with E-state index < -0.39 is 0 Å². The molecule has 0 atom stereocenters. The zero-order valence-electron chi connectivity index (χ0n) is 11.7.